The van der Waals surface area contributed by atoms with E-state index in [1.165, 1.54) is 0 Å². The Balaban J connectivity index is 2.54. The largest absolute Gasteiger partial charge is 0.462 e. The Morgan fingerprint density at radius 3 is 1.90 bits per heavy atom. The Hall–Kier alpha value is -2.86. The molecule has 0 bridgehead atoms. The van der Waals surface area contributed by atoms with Crippen molar-refractivity contribution in [2.45, 2.75) is 6.92 Å². The predicted molar refractivity (Wildman–Crippen MR) is 82.1 cm³/mol. The SMILES string of the molecule is CCOC(=O)c1c2ccccc2c(C#N)c2ccccc12. The highest BCUT2D eigenvalue weighted by Gasteiger charge is 2.19. The van der Waals surface area contributed by atoms with Gasteiger partial charge < -0.3 is 4.74 Å². The summed E-state index contributed by atoms with van der Waals surface area (Å²) in [6, 6.07) is 17.2. The number of fused-ring (bicyclic) bond motifs is 2. The zero-order valence-electron chi connectivity index (χ0n) is 11.6. The number of hydrogen-bond acceptors (Lipinski definition) is 3. The number of nitriles is 1. The zero-order chi connectivity index (χ0) is 14.8. The van der Waals surface area contributed by atoms with Gasteiger partial charge in [0.05, 0.1) is 17.7 Å². The molecule has 0 N–H and O–H groups in total. The normalized spacial score (nSPS) is 10.5. The van der Waals surface area contributed by atoms with Crippen LogP contribution in [0.3, 0.4) is 0 Å². The van der Waals surface area contributed by atoms with E-state index in [9.17, 15) is 10.1 Å². The third-order valence-electron chi connectivity index (χ3n) is 3.52. The molecule has 0 aromatic heterocycles. The van der Waals surface area contributed by atoms with Crippen molar-refractivity contribution in [1.82, 2.24) is 0 Å². The lowest BCUT2D eigenvalue weighted by molar-refractivity contribution is 0.0531. The van der Waals surface area contributed by atoms with Crippen molar-refractivity contribution < 1.29 is 9.53 Å². The van der Waals surface area contributed by atoms with Crippen LogP contribution in [-0.2, 0) is 4.74 Å². The maximum atomic E-state index is 12.4. The zero-order valence-corrected chi connectivity index (χ0v) is 11.6. The number of carbonyl (C=O) groups excluding carboxylic acids is 1. The fourth-order valence-corrected chi connectivity index (χ4v) is 2.67. The summed E-state index contributed by atoms with van der Waals surface area (Å²) in [4.78, 5) is 12.4. The molecule has 3 aromatic rings. The Kier molecular flexibility index (Phi) is 3.29. The van der Waals surface area contributed by atoms with Gasteiger partial charge in [0.15, 0.2) is 0 Å². The highest BCUT2D eigenvalue weighted by molar-refractivity contribution is 6.19. The van der Waals surface area contributed by atoms with Crippen LogP contribution < -0.4 is 0 Å². The van der Waals surface area contributed by atoms with Crippen molar-refractivity contribution in [2.24, 2.45) is 0 Å². The molecule has 3 nitrogen and oxygen atoms in total. The summed E-state index contributed by atoms with van der Waals surface area (Å²) in [5, 5.41) is 12.6. The van der Waals surface area contributed by atoms with Gasteiger partial charge in [-0.2, -0.15) is 5.26 Å². The summed E-state index contributed by atoms with van der Waals surface area (Å²) < 4.78 is 5.20. The van der Waals surface area contributed by atoms with Crippen LogP contribution in [0.4, 0.5) is 0 Å². The lowest BCUT2D eigenvalue weighted by Gasteiger charge is -2.12. The average molecular weight is 275 g/mol. The molecule has 0 saturated carbocycles. The summed E-state index contributed by atoms with van der Waals surface area (Å²) in [6.45, 7) is 2.10. The fourth-order valence-electron chi connectivity index (χ4n) is 2.67. The van der Waals surface area contributed by atoms with Crippen LogP contribution in [-0.4, -0.2) is 12.6 Å². The second-order valence-electron chi connectivity index (χ2n) is 4.67. The van der Waals surface area contributed by atoms with Crippen molar-refractivity contribution >= 4 is 27.5 Å². The van der Waals surface area contributed by atoms with Crippen LogP contribution in [0.25, 0.3) is 21.5 Å². The van der Waals surface area contributed by atoms with Crippen molar-refractivity contribution in [3.63, 3.8) is 0 Å². The molecule has 102 valence electrons. The number of ether oxygens (including phenoxy) is 1. The Labute approximate surface area is 122 Å². The molecule has 0 fully saturated rings. The molecule has 0 aliphatic rings. The molecule has 0 aliphatic heterocycles. The van der Waals surface area contributed by atoms with Gasteiger partial charge in [-0.25, -0.2) is 4.79 Å². The molecule has 0 saturated heterocycles. The first-order valence-corrected chi connectivity index (χ1v) is 6.78. The summed E-state index contributed by atoms with van der Waals surface area (Å²) in [7, 11) is 0. The second kappa shape index (κ2) is 5.26. The number of hydrogen-bond donors (Lipinski definition) is 0. The number of benzene rings is 3. The average Bonchev–Trinajstić information content (AvgIpc) is 2.52. The summed E-state index contributed by atoms with van der Waals surface area (Å²) >= 11 is 0. The van der Waals surface area contributed by atoms with Crippen molar-refractivity contribution in [1.29, 1.82) is 5.26 Å². The van der Waals surface area contributed by atoms with Gasteiger partial charge in [-0.05, 0) is 17.7 Å². The standard InChI is InChI=1S/C18H13NO2/c1-2-21-18(20)17-14-9-5-3-7-12(14)16(11-19)13-8-4-6-10-15(13)17/h3-10H,2H2,1H3. The van der Waals surface area contributed by atoms with Crippen LogP contribution in [0.1, 0.15) is 22.8 Å². The molecule has 3 rings (SSSR count). The monoisotopic (exact) mass is 275 g/mol. The van der Waals surface area contributed by atoms with Gasteiger partial charge in [0.1, 0.15) is 6.07 Å². The number of carbonyl (C=O) groups is 1. The smallest absolute Gasteiger partial charge is 0.339 e. The van der Waals surface area contributed by atoms with E-state index in [-0.39, 0.29) is 5.97 Å². The third kappa shape index (κ3) is 2.02. The highest BCUT2D eigenvalue weighted by Crippen LogP contribution is 2.32. The first kappa shape index (κ1) is 13.1. The van der Waals surface area contributed by atoms with Gasteiger partial charge in [-0.15, -0.1) is 0 Å². The van der Waals surface area contributed by atoms with Crippen molar-refractivity contribution in [3.05, 3.63) is 59.7 Å². The topological polar surface area (TPSA) is 50.1 Å². The molecule has 3 aromatic carbocycles. The van der Waals surface area contributed by atoms with E-state index in [0.29, 0.717) is 17.7 Å². The maximum Gasteiger partial charge on any atom is 0.339 e. The molecule has 0 spiro atoms. The van der Waals surface area contributed by atoms with E-state index in [1.807, 2.05) is 48.5 Å². The molecule has 0 heterocycles. The Morgan fingerprint density at radius 1 is 1.00 bits per heavy atom. The van der Waals surface area contributed by atoms with E-state index in [4.69, 9.17) is 4.74 Å². The Bertz CT molecular complexity index is 834. The Morgan fingerprint density at radius 2 is 1.48 bits per heavy atom. The second-order valence-corrected chi connectivity index (χ2v) is 4.67. The number of esters is 1. The minimum Gasteiger partial charge on any atom is -0.462 e. The van der Waals surface area contributed by atoms with Crippen molar-refractivity contribution in [3.8, 4) is 6.07 Å². The minimum absolute atomic E-state index is 0.321. The van der Waals surface area contributed by atoms with E-state index < -0.39 is 0 Å². The lowest BCUT2D eigenvalue weighted by atomic mass is 9.92. The number of nitrogens with zero attached hydrogens (tertiary/aromatic N) is 1. The van der Waals surface area contributed by atoms with Gasteiger partial charge in [-0.3, -0.25) is 0 Å². The van der Waals surface area contributed by atoms with E-state index in [2.05, 4.69) is 6.07 Å². The van der Waals surface area contributed by atoms with E-state index in [0.717, 1.165) is 21.5 Å². The van der Waals surface area contributed by atoms with Gasteiger partial charge in [-0.1, -0.05) is 48.5 Å². The molecule has 0 atom stereocenters. The maximum absolute atomic E-state index is 12.4. The number of rotatable bonds is 2. The molecule has 0 radical (unpaired) electrons. The predicted octanol–water partition coefficient (Wildman–Crippen LogP) is 4.04. The van der Waals surface area contributed by atoms with Crippen molar-refractivity contribution in [2.75, 3.05) is 6.61 Å². The molecule has 0 unspecified atom stereocenters. The molecule has 3 heteroatoms. The third-order valence-corrected chi connectivity index (χ3v) is 3.52. The quantitative estimate of drug-likeness (QED) is 0.524. The van der Waals surface area contributed by atoms with Gasteiger partial charge >= 0.3 is 5.97 Å². The van der Waals surface area contributed by atoms with E-state index in [1.54, 1.807) is 6.92 Å². The van der Waals surface area contributed by atoms with E-state index >= 15 is 0 Å². The summed E-state index contributed by atoms with van der Waals surface area (Å²) in [5.41, 5.74) is 1.12. The van der Waals surface area contributed by atoms with Gasteiger partial charge in [0.25, 0.3) is 0 Å². The summed E-state index contributed by atoms with van der Waals surface area (Å²) in [5.74, 6) is -0.352. The molecular weight excluding hydrogens is 262 g/mol. The molecule has 21 heavy (non-hydrogen) atoms. The first-order valence-electron chi connectivity index (χ1n) is 6.78. The summed E-state index contributed by atoms with van der Waals surface area (Å²) in [6.07, 6.45) is 0. The van der Waals surface area contributed by atoms with Crippen LogP contribution in [0.15, 0.2) is 48.5 Å². The minimum atomic E-state index is -0.352. The molecule has 0 amide bonds. The van der Waals surface area contributed by atoms with Crippen LogP contribution in [0.5, 0.6) is 0 Å². The van der Waals surface area contributed by atoms with Crippen LogP contribution in [0.2, 0.25) is 0 Å². The van der Waals surface area contributed by atoms with Crippen LogP contribution >= 0.6 is 0 Å². The fraction of sp³-hybridized carbons (Fsp3) is 0.111. The lowest BCUT2D eigenvalue weighted by Crippen LogP contribution is -2.07. The molecule has 0 aliphatic carbocycles. The van der Waals surface area contributed by atoms with Gasteiger partial charge in [0.2, 0.25) is 0 Å². The molecular formula is C18H13NO2. The van der Waals surface area contributed by atoms with Crippen LogP contribution in [0, 0.1) is 11.3 Å². The van der Waals surface area contributed by atoms with Gasteiger partial charge in [0, 0.05) is 10.8 Å². The highest BCUT2D eigenvalue weighted by atomic mass is 16.5. The first-order chi connectivity index (χ1) is 10.3.